The zero-order valence-corrected chi connectivity index (χ0v) is 37.2. The van der Waals surface area contributed by atoms with Crippen LogP contribution in [0.2, 0.25) is 0 Å². The summed E-state index contributed by atoms with van der Waals surface area (Å²) < 4.78 is 5.60. The highest BCUT2D eigenvalue weighted by atomic mass is 16.5. The first-order chi connectivity index (χ1) is 25.7. The van der Waals surface area contributed by atoms with Crippen molar-refractivity contribution < 1.29 is 4.74 Å². The third-order valence-electron chi connectivity index (χ3n) is 16.4. The molecule has 8 unspecified atom stereocenters. The molecule has 54 heavy (non-hydrogen) atoms. The Morgan fingerprint density at radius 2 is 1.41 bits per heavy atom. The Morgan fingerprint density at radius 1 is 0.704 bits per heavy atom. The molecule has 10 rings (SSSR count). The lowest BCUT2D eigenvalue weighted by Gasteiger charge is -2.60. The van der Waals surface area contributed by atoms with Crippen LogP contribution in [0.5, 0.6) is 5.75 Å². The second kappa shape index (κ2) is 17.8. The summed E-state index contributed by atoms with van der Waals surface area (Å²) in [6.45, 7) is 27.2. The van der Waals surface area contributed by atoms with Crippen LogP contribution in [0.4, 0.5) is 0 Å². The van der Waals surface area contributed by atoms with Crippen molar-refractivity contribution >= 4 is 0 Å². The maximum Gasteiger partial charge on any atom is 0.122 e. The zero-order chi connectivity index (χ0) is 38.8. The van der Waals surface area contributed by atoms with Gasteiger partial charge in [0, 0.05) is 0 Å². The van der Waals surface area contributed by atoms with Gasteiger partial charge in [-0.2, -0.15) is 0 Å². The molecule has 0 aromatic heterocycles. The third kappa shape index (κ3) is 9.33. The van der Waals surface area contributed by atoms with Crippen molar-refractivity contribution in [1.82, 2.24) is 0 Å². The number of benzene rings is 2. The highest BCUT2D eigenvalue weighted by molar-refractivity contribution is 5.44. The van der Waals surface area contributed by atoms with E-state index in [1.165, 1.54) is 63.4 Å². The molecule has 0 N–H and O–H groups in total. The highest BCUT2D eigenvalue weighted by Crippen LogP contribution is 2.62. The number of para-hydroxylation sites is 1. The Hall–Kier alpha value is -1.76. The molecule has 0 spiro atoms. The van der Waals surface area contributed by atoms with Gasteiger partial charge in [0.25, 0.3) is 0 Å². The molecule has 4 bridgehead atoms. The summed E-state index contributed by atoms with van der Waals surface area (Å²) in [6, 6.07) is 15.5. The first-order valence-corrected chi connectivity index (χ1v) is 23.5. The topological polar surface area (TPSA) is 9.23 Å². The molecule has 302 valence electrons. The normalized spacial score (nSPS) is 32.7. The molecule has 0 radical (unpaired) electrons. The summed E-state index contributed by atoms with van der Waals surface area (Å²) in [5.41, 5.74) is 7.60. The van der Waals surface area contributed by atoms with Gasteiger partial charge in [-0.1, -0.05) is 132 Å². The van der Waals surface area contributed by atoms with Crippen molar-refractivity contribution in [3.63, 3.8) is 0 Å². The lowest BCUT2D eigenvalue weighted by atomic mass is 9.45. The van der Waals surface area contributed by atoms with Crippen LogP contribution in [0, 0.1) is 64.1 Å². The van der Waals surface area contributed by atoms with Crippen LogP contribution in [-0.2, 0) is 6.42 Å². The van der Waals surface area contributed by atoms with Crippen molar-refractivity contribution in [2.45, 2.75) is 190 Å². The summed E-state index contributed by atoms with van der Waals surface area (Å²) in [4.78, 5) is 0. The van der Waals surface area contributed by atoms with Gasteiger partial charge in [-0.05, 0) is 187 Å². The van der Waals surface area contributed by atoms with Gasteiger partial charge in [0.15, 0.2) is 0 Å². The molecule has 1 heterocycles. The predicted molar refractivity (Wildman–Crippen MR) is 234 cm³/mol. The summed E-state index contributed by atoms with van der Waals surface area (Å²) in [7, 11) is 0. The molecule has 0 saturated heterocycles. The molecular weight excluding hydrogens is 653 g/mol. The average Bonchev–Trinajstić information content (AvgIpc) is 3.40. The predicted octanol–water partition coefficient (Wildman–Crippen LogP) is 15.8. The van der Waals surface area contributed by atoms with E-state index in [9.17, 15) is 0 Å². The van der Waals surface area contributed by atoms with Crippen LogP contribution < -0.4 is 4.74 Å². The van der Waals surface area contributed by atoms with Gasteiger partial charge < -0.3 is 4.74 Å². The summed E-state index contributed by atoms with van der Waals surface area (Å²) >= 11 is 0. The van der Waals surface area contributed by atoms with E-state index in [0.29, 0.717) is 22.7 Å². The minimum Gasteiger partial charge on any atom is -0.493 e. The van der Waals surface area contributed by atoms with Crippen molar-refractivity contribution in [3.05, 3.63) is 64.7 Å². The number of ether oxygens (including phenoxy) is 1. The molecule has 0 amide bonds. The molecular formula is C53H84O. The van der Waals surface area contributed by atoms with E-state index in [4.69, 9.17) is 4.74 Å². The summed E-state index contributed by atoms with van der Waals surface area (Å²) in [5.74, 6) is 12.5. The number of aryl methyl sites for hydroxylation is 1. The Balaban J connectivity index is 0.000000124. The van der Waals surface area contributed by atoms with Gasteiger partial charge in [0.1, 0.15) is 5.75 Å². The third-order valence-corrected chi connectivity index (χ3v) is 16.4. The SMILES string of the molecule is CC(C)(C)C1CCC2CCCc3cccc1c32.CC(C)C1C2CCCC1CC2.CC(C)C1CCOc2ccccc21.CC(C)CC1CCC2CC1C2(C)C. The smallest absolute Gasteiger partial charge is 0.122 e. The summed E-state index contributed by atoms with van der Waals surface area (Å²) in [6.07, 6.45) is 21.9. The second-order valence-corrected chi connectivity index (χ2v) is 22.2. The van der Waals surface area contributed by atoms with E-state index >= 15 is 0 Å². The highest BCUT2D eigenvalue weighted by Gasteiger charge is 2.53. The number of hydrogen-bond acceptors (Lipinski definition) is 1. The monoisotopic (exact) mass is 737 g/mol. The Kier molecular flexibility index (Phi) is 13.8. The maximum atomic E-state index is 5.60. The Morgan fingerprint density at radius 3 is 2.02 bits per heavy atom. The molecule has 8 atom stereocenters. The van der Waals surface area contributed by atoms with Crippen molar-refractivity contribution in [1.29, 1.82) is 0 Å². The molecule has 1 heteroatoms. The van der Waals surface area contributed by atoms with Gasteiger partial charge in [0.2, 0.25) is 0 Å². The van der Waals surface area contributed by atoms with Gasteiger partial charge >= 0.3 is 0 Å². The summed E-state index contributed by atoms with van der Waals surface area (Å²) in [5, 5.41) is 0. The van der Waals surface area contributed by atoms with Crippen LogP contribution >= 0.6 is 0 Å². The lowest BCUT2D eigenvalue weighted by Crippen LogP contribution is -2.52. The van der Waals surface area contributed by atoms with Gasteiger partial charge in [-0.25, -0.2) is 0 Å². The molecule has 2 aromatic carbocycles. The zero-order valence-electron chi connectivity index (χ0n) is 37.2. The fraction of sp³-hybridized carbons (Fsp3) is 0.774. The molecule has 5 fully saturated rings. The molecule has 1 nitrogen and oxygen atoms in total. The number of hydrogen-bond donors (Lipinski definition) is 0. The van der Waals surface area contributed by atoms with Gasteiger partial charge in [-0.3, -0.25) is 0 Å². The van der Waals surface area contributed by atoms with E-state index in [2.05, 4.69) is 113 Å². The lowest BCUT2D eigenvalue weighted by molar-refractivity contribution is -0.109. The molecule has 2 aromatic rings. The first kappa shape index (κ1) is 41.9. The van der Waals surface area contributed by atoms with Crippen LogP contribution in [0.3, 0.4) is 0 Å². The Bertz CT molecular complexity index is 1450. The van der Waals surface area contributed by atoms with Crippen molar-refractivity contribution in [2.75, 3.05) is 6.61 Å². The molecule has 7 aliphatic carbocycles. The van der Waals surface area contributed by atoms with E-state index in [0.717, 1.165) is 78.0 Å². The van der Waals surface area contributed by atoms with E-state index in [1.54, 1.807) is 48.8 Å². The fourth-order valence-electron chi connectivity index (χ4n) is 13.6. The van der Waals surface area contributed by atoms with Crippen LogP contribution in [0.1, 0.15) is 206 Å². The van der Waals surface area contributed by atoms with E-state index < -0.39 is 0 Å². The van der Waals surface area contributed by atoms with Crippen LogP contribution in [0.25, 0.3) is 0 Å². The largest absolute Gasteiger partial charge is 0.493 e. The molecule has 8 aliphatic rings. The fourth-order valence-corrected chi connectivity index (χ4v) is 13.6. The minimum atomic E-state index is 0.414. The number of fused-ring (bicyclic) bond motifs is 5. The van der Waals surface area contributed by atoms with E-state index in [-0.39, 0.29) is 0 Å². The quantitative estimate of drug-likeness (QED) is 0.304. The number of rotatable bonds is 4. The van der Waals surface area contributed by atoms with Crippen molar-refractivity contribution in [2.24, 2.45) is 64.1 Å². The maximum absolute atomic E-state index is 5.60. The molecule has 1 aliphatic heterocycles. The van der Waals surface area contributed by atoms with Gasteiger partial charge in [-0.15, -0.1) is 0 Å². The Labute approximate surface area is 335 Å². The standard InChI is InChI=1S/C17H24.C13H24.C12H16O.C11H20/c1-17(2,3)15-11-10-13-7-4-6-12-8-5-9-14(15)16(12)13;1-9(2)7-10-5-6-11-8-12(10)13(11,3)4;1-9(2)10-7-8-13-12-6-4-3-5-11(10)12;1-8(2)11-9-4-3-5-10(11)7-6-9/h5,8-9,13,15H,4,6-7,10-11H2,1-3H3;9-12H,5-8H2,1-4H3;3-6,9-10H,7-8H2,1-2H3;8-11H,3-7H2,1-2H3. The second-order valence-electron chi connectivity index (χ2n) is 22.2. The first-order valence-electron chi connectivity index (χ1n) is 23.5. The van der Waals surface area contributed by atoms with Gasteiger partial charge in [0.05, 0.1) is 6.61 Å². The van der Waals surface area contributed by atoms with Crippen molar-refractivity contribution in [3.8, 4) is 5.75 Å². The van der Waals surface area contributed by atoms with Crippen LogP contribution in [-0.4, -0.2) is 6.61 Å². The average molecular weight is 737 g/mol. The van der Waals surface area contributed by atoms with E-state index in [1.807, 2.05) is 6.07 Å². The van der Waals surface area contributed by atoms with Crippen LogP contribution in [0.15, 0.2) is 42.5 Å². The molecule has 5 saturated carbocycles. The minimum absolute atomic E-state index is 0.414.